The molecule has 0 saturated carbocycles. The Labute approximate surface area is 135 Å². The van der Waals surface area contributed by atoms with E-state index >= 15 is 0 Å². The first-order valence-electron chi connectivity index (χ1n) is 7.38. The van der Waals surface area contributed by atoms with Gasteiger partial charge >= 0.3 is 0 Å². The second-order valence-electron chi connectivity index (χ2n) is 5.32. The molecule has 0 spiro atoms. The molecule has 0 radical (unpaired) electrons. The van der Waals surface area contributed by atoms with Crippen molar-refractivity contribution >= 4 is 23.1 Å². The normalized spacial score (nSPS) is 18.1. The van der Waals surface area contributed by atoms with Gasteiger partial charge < -0.3 is 15.0 Å². The van der Waals surface area contributed by atoms with E-state index in [0.29, 0.717) is 16.9 Å². The van der Waals surface area contributed by atoms with E-state index in [2.05, 4.69) is 26.3 Å². The summed E-state index contributed by atoms with van der Waals surface area (Å²) >= 11 is 6.12. The standard InChI is InChI=1S/C16H19ClN4O/c1-22-15-7-3-2-6-14(15)21-8-4-5-12(10-21)20-16-13(17)9-18-11-19-16/h2-3,6-7,9,11-12H,4-5,8,10H2,1H3,(H,18,19,20). The Morgan fingerprint density at radius 3 is 3.05 bits per heavy atom. The van der Waals surface area contributed by atoms with Crippen LogP contribution in [0.4, 0.5) is 11.5 Å². The SMILES string of the molecule is COc1ccccc1N1CCCC(Nc2ncncc2Cl)C1. The Kier molecular flexibility index (Phi) is 4.63. The molecule has 1 unspecified atom stereocenters. The van der Waals surface area contributed by atoms with Crippen molar-refractivity contribution in [3.05, 3.63) is 41.8 Å². The van der Waals surface area contributed by atoms with E-state index in [4.69, 9.17) is 16.3 Å². The largest absolute Gasteiger partial charge is 0.495 e. The van der Waals surface area contributed by atoms with Crippen LogP contribution in [0.5, 0.6) is 5.75 Å². The molecule has 1 fully saturated rings. The van der Waals surface area contributed by atoms with Gasteiger partial charge in [0, 0.05) is 19.1 Å². The number of hydrogen-bond donors (Lipinski definition) is 1. The Morgan fingerprint density at radius 1 is 1.36 bits per heavy atom. The molecule has 1 aliphatic heterocycles. The smallest absolute Gasteiger partial charge is 0.148 e. The number of hydrogen-bond acceptors (Lipinski definition) is 5. The van der Waals surface area contributed by atoms with Crippen LogP contribution in [0.25, 0.3) is 0 Å². The van der Waals surface area contributed by atoms with Gasteiger partial charge in [0.25, 0.3) is 0 Å². The van der Waals surface area contributed by atoms with E-state index in [-0.39, 0.29) is 0 Å². The zero-order chi connectivity index (χ0) is 15.4. The fourth-order valence-corrected chi connectivity index (χ4v) is 2.98. The molecule has 0 bridgehead atoms. The number of methoxy groups -OCH3 is 1. The molecule has 0 aliphatic carbocycles. The van der Waals surface area contributed by atoms with Crippen molar-refractivity contribution in [2.45, 2.75) is 18.9 Å². The summed E-state index contributed by atoms with van der Waals surface area (Å²) in [6, 6.07) is 8.41. The summed E-state index contributed by atoms with van der Waals surface area (Å²) in [7, 11) is 1.71. The third-order valence-corrected chi connectivity index (χ3v) is 4.13. The lowest BCUT2D eigenvalue weighted by molar-refractivity contribution is 0.411. The van der Waals surface area contributed by atoms with Gasteiger partial charge in [-0.25, -0.2) is 9.97 Å². The quantitative estimate of drug-likeness (QED) is 0.938. The highest BCUT2D eigenvalue weighted by Crippen LogP contribution is 2.30. The minimum absolute atomic E-state index is 0.297. The van der Waals surface area contributed by atoms with Gasteiger partial charge in [0.05, 0.1) is 19.0 Å². The maximum atomic E-state index is 6.12. The molecule has 2 heterocycles. The van der Waals surface area contributed by atoms with Crippen LogP contribution >= 0.6 is 11.6 Å². The van der Waals surface area contributed by atoms with Crippen molar-refractivity contribution in [3.63, 3.8) is 0 Å². The van der Waals surface area contributed by atoms with Gasteiger partial charge in [0.15, 0.2) is 0 Å². The molecule has 3 rings (SSSR count). The molecule has 1 atom stereocenters. The van der Waals surface area contributed by atoms with Crippen LogP contribution in [-0.2, 0) is 0 Å². The Bertz CT molecular complexity index is 637. The van der Waals surface area contributed by atoms with Crippen LogP contribution in [0.3, 0.4) is 0 Å². The van der Waals surface area contributed by atoms with E-state index in [1.54, 1.807) is 13.3 Å². The van der Waals surface area contributed by atoms with Crippen LogP contribution in [-0.4, -0.2) is 36.2 Å². The summed E-state index contributed by atoms with van der Waals surface area (Å²) < 4.78 is 5.47. The second-order valence-corrected chi connectivity index (χ2v) is 5.73. The summed E-state index contributed by atoms with van der Waals surface area (Å²) in [6.45, 7) is 1.91. The molecule has 1 aromatic carbocycles. The van der Waals surface area contributed by atoms with Gasteiger partial charge in [-0.2, -0.15) is 0 Å². The molecule has 5 nitrogen and oxygen atoms in total. The second kappa shape index (κ2) is 6.83. The Balaban J connectivity index is 1.73. The first kappa shape index (κ1) is 14.9. The van der Waals surface area contributed by atoms with Crippen molar-refractivity contribution in [1.82, 2.24) is 9.97 Å². The van der Waals surface area contributed by atoms with Crippen molar-refractivity contribution < 1.29 is 4.74 Å². The number of piperidine rings is 1. The number of halogens is 1. The van der Waals surface area contributed by atoms with Crippen LogP contribution in [0.15, 0.2) is 36.8 Å². The highest BCUT2D eigenvalue weighted by Gasteiger charge is 2.22. The maximum absolute atomic E-state index is 6.12. The van der Waals surface area contributed by atoms with Gasteiger partial charge in [-0.05, 0) is 25.0 Å². The molecule has 22 heavy (non-hydrogen) atoms. The zero-order valence-corrected chi connectivity index (χ0v) is 13.3. The van der Waals surface area contributed by atoms with Crippen LogP contribution in [0.1, 0.15) is 12.8 Å². The highest BCUT2D eigenvalue weighted by atomic mass is 35.5. The van der Waals surface area contributed by atoms with Gasteiger partial charge in [-0.15, -0.1) is 0 Å². The predicted octanol–water partition coefficient (Wildman–Crippen LogP) is 3.22. The number of rotatable bonds is 4. The number of nitrogens with one attached hydrogen (secondary N) is 1. The Morgan fingerprint density at radius 2 is 2.23 bits per heavy atom. The van der Waals surface area contributed by atoms with Crippen LogP contribution in [0.2, 0.25) is 5.02 Å². The van der Waals surface area contributed by atoms with Gasteiger partial charge in [0.2, 0.25) is 0 Å². The van der Waals surface area contributed by atoms with E-state index in [9.17, 15) is 0 Å². The summed E-state index contributed by atoms with van der Waals surface area (Å²) in [6.07, 6.45) is 5.32. The van der Waals surface area contributed by atoms with E-state index in [0.717, 1.165) is 37.4 Å². The van der Waals surface area contributed by atoms with Gasteiger partial charge in [-0.1, -0.05) is 23.7 Å². The fourth-order valence-electron chi connectivity index (χ4n) is 2.82. The van der Waals surface area contributed by atoms with Crippen molar-refractivity contribution in [2.75, 3.05) is 30.4 Å². The first-order valence-corrected chi connectivity index (χ1v) is 7.75. The van der Waals surface area contributed by atoms with Gasteiger partial charge in [-0.3, -0.25) is 0 Å². The third kappa shape index (κ3) is 3.25. The molecule has 1 aromatic heterocycles. The number of aromatic nitrogens is 2. The van der Waals surface area contributed by atoms with Gasteiger partial charge in [0.1, 0.15) is 22.9 Å². The minimum atomic E-state index is 0.297. The third-order valence-electron chi connectivity index (χ3n) is 3.86. The summed E-state index contributed by atoms with van der Waals surface area (Å²) in [5.41, 5.74) is 1.13. The number of anilines is 2. The number of nitrogens with zero attached hydrogens (tertiary/aromatic N) is 3. The molecular weight excluding hydrogens is 300 g/mol. The Hall–Kier alpha value is -2.01. The summed E-state index contributed by atoms with van der Waals surface area (Å²) in [5.74, 6) is 1.60. The predicted molar refractivity (Wildman–Crippen MR) is 88.9 cm³/mol. The molecule has 116 valence electrons. The number of ether oxygens (including phenoxy) is 1. The minimum Gasteiger partial charge on any atom is -0.495 e. The molecule has 0 amide bonds. The van der Waals surface area contributed by atoms with E-state index in [1.165, 1.54) is 6.33 Å². The molecule has 6 heteroatoms. The monoisotopic (exact) mass is 318 g/mol. The average Bonchev–Trinajstić information content (AvgIpc) is 2.57. The first-order chi connectivity index (χ1) is 10.8. The molecule has 2 aromatic rings. The fraction of sp³-hybridized carbons (Fsp3) is 0.375. The average molecular weight is 319 g/mol. The highest BCUT2D eigenvalue weighted by molar-refractivity contribution is 6.32. The zero-order valence-electron chi connectivity index (χ0n) is 12.5. The molecular formula is C16H19ClN4O. The molecule has 1 aliphatic rings. The molecule has 1 N–H and O–H groups in total. The van der Waals surface area contributed by atoms with E-state index in [1.807, 2.05) is 18.2 Å². The lowest BCUT2D eigenvalue weighted by atomic mass is 10.0. The summed E-state index contributed by atoms with van der Waals surface area (Å²) in [5, 5.41) is 3.97. The van der Waals surface area contributed by atoms with Crippen molar-refractivity contribution in [1.29, 1.82) is 0 Å². The maximum Gasteiger partial charge on any atom is 0.148 e. The van der Waals surface area contributed by atoms with Crippen LogP contribution < -0.4 is 15.0 Å². The lowest BCUT2D eigenvalue weighted by Crippen LogP contribution is -2.42. The van der Waals surface area contributed by atoms with Crippen molar-refractivity contribution in [3.8, 4) is 5.75 Å². The number of para-hydroxylation sites is 2. The lowest BCUT2D eigenvalue weighted by Gasteiger charge is -2.35. The summed E-state index contributed by atoms with van der Waals surface area (Å²) in [4.78, 5) is 10.5. The van der Waals surface area contributed by atoms with Crippen LogP contribution in [0, 0.1) is 0 Å². The topological polar surface area (TPSA) is 50.3 Å². The number of benzene rings is 1. The van der Waals surface area contributed by atoms with Crippen molar-refractivity contribution in [2.24, 2.45) is 0 Å². The van der Waals surface area contributed by atoms with E-state index < -0.39 is 0 Å². The molecule has 1 saturated heterocycles.